The summed E-state index contributed by atoms with van der Waals surface area (Å²) in [5.41, 5.74) is 7.17. The van der Waals surface area contributed by atoms with E-state index in [9.17, 15) is 9.59 Å². The van der Waals surface area contributed by atoms with Gasteiger partial charge in [0, 0.05) is 11.3 Å². The Morgan fingerprint density at radius 1 is 1.42 bits per heavy atom. The number of ether oxygens (including phenoxy) is 1. The van der Waals surface area contributed by atoms with E-state index in [0.29, 0.717) is 34.7 Å². The van der Waals surface area contributed by atoms with Gasteiger partial charge in [-0.15, -0.1) is 11.3 Å². The maximum Gasteiger partial charge on any atom is 0.341 e. The molecule has 0 fully saturated rings. The summed E-state index contributed by atoms with van der Waals surface area (Å²) in [6, 6.07) is 0. The zero-order valence-electron chi connectivity index (χ0n) is 15.8. The first-order valence-corrected chi connectivity index (χ1v) is 9.60. The number of carbonyl (C=O) groups is 2. The van der Waals surface area contributed by atoms with Crippen LogP contribution in [-0.2, 0) is 27.2 Å². The van der Waals surface area contributed by atoms with Crippen LogP contribution in [0.4, 0.5) is 5.00 Å². The van der Waals surface area contributed by atoms with Crippen LogP contribution >= 0.6 is 11.3 Å². The van der Waals surface area contributed by atoms with E-state index < -0.39 is 5.97 Å². The molecule has 1 aliphatic rings. The number of amidine groups is 1. The monoisotopic (exact) mass is 381 g/mol. The number of nitrogens with two attached hydrogens (primary N) is 1. The van der Waals surface area contributed by atoms with Crippen LogP contribution in [0.3, 0.4) is 0 Å². The number of nitrogens with zero attached hydrogens (tertiary/aromatic N) is 1. The molecule has 3 N–H and O–H groups in total. The maximum absolute atomic E-state index is 12.2. The highest BCUT2D eigenvalue weighted by Gasteiger charge is 2.28. The molecule has 0 saturated heterocycles. The van der Waals surface area contributed by atoms with Crippen LogP contribution in [0.1, 0.15) is 54.4 Å². The van der Waals surface area contributed by atoms with E-state index in [-0.39, 0.29) is 12.5 Å². The lowest BCUT2D eigenvalue weighted by Gasteiger charge is -2.18. The van der Waals surface area contributed by atoms with Gasteiger partial charge in [0.25, 0.3) is 5.91 Å². The lowest BCUT2D eigenvalue weighted by atomic mass is 9.88. The Morgan fingerprint density at radius 2 is 2.15 bits per heavy atom. The van der Waals surface area contributed by atoms with E-state index in [4.69, 9.17) is 15.3 Å². The Balaban J connectivity index is 2.06. The Morgan fingerprint density at radius 3 is 2.81 bits per heavy atom. The number of methoxy groups -OCH3 is 1. The Hall–Kier alpha value is -2.09. The fourth-order valence-corrected chi connectivity index (χ4v) is 4.36. The molecule has 1 aromatic heterocycles. The molecule has 0 saturated carbocycles. The van der Waals surface area contributed by atoms with Crippen molar-refractivity contribution in [3.05, 3.63) is 16.0 Å². The van der Waals surface area contributed by atoms with Crippen molar-refractivity contribution in [1.82, 2.24) is 0 Å². The van der Waals surface area contributed by atoms with Gasteiger partial charge in [-0.3, -0.25) is 4.79 Å². The van der Waals surface area contributed by atoms with Gasteiger partial charge < -0.3 is 20.6 Å². The molecular formula is C18H27N3O4S. The van der Waals surface area contributed by atoms with Crippen molar-refractivity contribution in [3.8, 4) is 0 Å². The fraction of sp³-hybridized carbons (Fsp3) is 0.611. The number of nitrogens with one attached hydrogen (secondary N) is 1. The highest BCUT2D eigenvalue weighted by molar-refractivity contribution is 7.17. The molecule has 1 aliphatic carbocycles. The van der Waals surface area contributed by atoms with Crippen LogP contribution in [0.2, 0.25) is 0 Å². The minimum absolute atomic E-state index is 0.265. The predicted octanol–water partition coefficient (Wildman–Crippen LogP) is 2.93. The molecule has 0 radical (unpaired) electrons. The second-order valence-electron chi connectivity index (χ2n) is 7.05. The van der Waals surface area contributed by atoms with Crippen molar-refractivity contribution >= 4 is 34.0 Å². The molecule has 1 amide bonds. The molecule has 1 unspecified atom stereocenters. The smallest absolute Gasteiger partial charge is 0.341 e. The van der Waals surface area contributed by atoms with E-state index in [1.165, 1.54) is 18.4 Å². The molecule has 0 spiro atoms. The fourth-order valence-electron chi connectivity index (χ4n) is 2.95. The summed E-state index contributed by atoms with van der Waals surface area (Å²) in [5, 5.41) is 7.01. The first-order chi connectivity index (χ1) is 12.3. The average Bonchev–Trinajstić information content (AvgIpc) is 2.90. The standard InChI is InChI=1S/C18H27N3O4S/c1-10(2)7-14(19)21-25-9-15(22)20-17-16(18(23)24-4)12-6-5-11(3)8-13(12)26-17/h10-11H,5-9H2,1-4H3,(H2,19,21)(H,20,22). The lowest BCUT2D eigenvalue weighted by Crippen LogP contribution is -2.20. The molecule has 1 heterocycles. The van der Waals surface area contributed by atoms with Crippen molar-refractivity contribution < 1.29 is 19.2 Å². The normalized spacial score (nSPS) is 17.0. The van der Waals surface area contributed by atoms with Gasteiger partial charge in [-0.2, -0.15) is 0 Å². The minimum atomic E-state index is -0.424. The third kappa shape index (κ3) is 5.20. The van der Waals surface area contributed by atoms with Crippen molar-refractivity contribution in [2.45, 2.75) is 46.5 Å². The third-order valence-electron chi connectivity index (χ3n) is 4.15. The van der Waals surface area contributed by atoms with Gasteiger partial charge in [0.05, 0.1) is 12.7 Å². The lowest BCUT2D eigenvalue weighted by molar-refractivity contribution is -0.120. The molecule has 7 nitrogen and oxygen atoms in total. The van der Waals surface area contributed by atoms with Gasteiger partial charge >= 0.3 is 5.97 Å². The van der Waals surface area contributed by atoms with Crippen LogP contribution < -0.4 is 11.1 Å². The SMILES string of the molecule is COC(=O)c1c(NC(=O)CO/N=C(/N)CC(C)C)sc2c1CCC(C)C2. The number of anilines is 1. The van der Waals surface area contributed by atoms with Crippen LogP contribution in [0.25, 0.3) is 0 Å². The number of thiophene rings is 1. The topological polar surface area (TPSA) is 103 Å². The van der Waals surface area contributed by atoms with Crippen molar-refractivity contribution in [3.63, 3.8) is 0 Å². The Kier molecular flexibility index (Phi) is 7.02. The summed E-state index contributed by atoms with van der Waals surface area (Å²) in [5.74, 6) is 0.467. The number of fused-ring (bicyclic) bond motifs is 1. The summed E-state index contributed by atoms with van der Waals surface area (Å²) in [6.45, 7) is 5.95. The molecule has 0 aliphatic heterocycles. The summed E-state index contributed by atoms with van der Waals surface area (Å²) < 4.78 is 4.91. The molecule has 2 rings (SSSR count). The summed E-state index contributed by atoms with van der Waals surface area (Å²) in [4.78, 5) is 30.5. The first kappa shape index (κ1) is 20.2. The van der Waals surface area contributed by atoms with Crippen LogP contribution in [0.15, 0.2) is 5.16 Å². The first-order valence-electron chi connectivity index (χ1n) is 8.78. The third-order valence-corrected chi connectivity index (χ3v) is 5.32. The molecule has 1 aromatic rings. The number of oxime groups is 1. The molecule has 0 bridgehead atoms. The zero-order chi connectivity index (χ0) is 19.3. The van der Waals surface area contributed by atoms with Crippen molar-refractivity contribution in [2.75, 3.05) is 19.0 Å². The number of hydrogen-bond donors (Lipinski definition) is 2. The average molecular weight is 381 g/mol. The van der Waals surface area contributed by atoms with Gasteiger partial charge in [-0.1, -0.05) is 25.9 Å². The van der Waals surface area contributed by atoms with Crippen molar-refractivity contribution in [1.29, 1.82) is 0 Å². The highest BCUT2D eigenvalue weighted by atomic mass is 32.1. The molecule has 8 heteroatoms. The van der Waals surface area contributed by atoms with E-state index in [2.05, 4.69) is 17.4 Å². The molecule has 144 valence electrons. The van der Waals surface area contributed by atoms with Crippen LogP contribution in [0, 0.1) is 11.8 Å². The largest absolute Gasteiger partial charge is 0.465 e. The van der Waals surface area contributed by atoms with Gasteiger partial charge in [0.1, 0.15) is 10.8 Å². The predicted molar refractivity (Wildman–Crippen MR) is 103 cm³/mol. The number of amides is 1. The molecule has 1 atom stereocenters. The number of rotatable bonds is 7. The van der Waals surface area contributed by atoms with Gasteiger partial charge in [0.2, 0.25) is 0 Å². The van der Waals surface area contributed by atoms with Gasteiger partial charge in [0.15, 0.2) is 6.61 Å². The summed E-state index contributed by atoms with van der Waals surface area (Å²) >= 11 is 1.44. The van der Waals surface area contributed by atoms with Gasteiger partial charge in [-0.05, 0) is 36.7 Å². The van der Waals surface area contributed by atoms with Gasteiger partial charge in [-0.25, -0.2) is 4.79 Å². The van der Waals surface area contributed by atoms with E-state index in [1.54, 1.807) is 0 Å². The highest BCUT2D eigenvalue weighted by Crippen LogP contribution is 2.39. The second kappa shape index (κ2) is 9.02. The quantitative estimate of drug-likeness (QED) is 0.327. The number of carbonyl (C=O) groups excluding carboxylic acids is 2. The second-order valence-corrected chi connectivity index (χ2v) is 8.15. The van der Waals surface area contributed by atoms with Crippen LogP contribution in [-0.4, -0.2) is 31.4 Å². The van der Waals surface area contributed by atoms with E-state index in [0.717, 1.165) is 29.7 Å². The summed E-state index contributed by atoms with van der Waals surface area (Å²) in [7, 11) is 1.35. The number of esters is 1. The number of hydrogen-bond acceptors (Lipinski definition) is 6. The Bertz CT molecular complexity index is 697. The van der Waals surface area contributed by atoms with E-state index >= 15 is 0 Å². The Labute approximate surface area is 157 Å². The zero-order valence-corrected chi connectivity index (χ0v) is 16.6. The minimum Gasteiger partial charge on any atom is -0.465 e. The summed E-state index contributed by atoms with van der Waals surface area (Å²) in [6.07, 6.45) is 3.35. The molecular weight excluding hydrogens is 354 g/mol. The van der Waals surface area contributed by atoms with Crippen molar-refractivity contribution in [2.24, 2.45) is 22.7 Å². The molecule has 26 heavy (non-hydrogen) atoms. The maximum atomic E-state index is 12.2. The van der Waals surface area contributed by atoms with E-state index in [1.807, 2.05) is 13.8 Å². The van der Waals surface area contributed by atoms with Crippen LogP contribution in [0.5, 0.6) is 0 Å². The molecule has 0 aromatic carbocycles.